The molecule has 0 saturated heterocycles. The first-order valence-electron chi connectivity index (χ1n) is 8.32. The molecule has 2 rings (SSSR count). The van der Waals surface area contributed by atoms with E-state index in [1.54, 1.807) is 11.3 Å². The number of aryl methyl sites for hydroxylation is 2. The van der Waals surface area contributed by atoms with Crippen molar-refractivity contribution in [2.75, 3.05) is 19.7 Å². The van der Waals surface area contributed by atoms with Gasteiger partial charge in [-0.05, 0) is 39.3 Å². The number of ether oxygens (including phenoxy) is 1. The van der Waals surface area contributed by atoms with Crippen molar-refractivity contribution in [3.05, 3.63) is 45.9 Å². The molecule has 1 aromatic heterocycles. The van der Waals surface area contributed by atoms with E-state index in [9.17, 15) is 0 Å². The summed E-state index contributed by atoms with van der Waals surface area (Å²) in [4.78, 5) is 10.3. The number of aliphatic imine (C=N–C) groups is 1. The smallest absolute Gasteiger partial charge is 0.191 e. The zero-order valence-corrected chi connectivity index (χ0v) is 15.4. The molecule has 2 N–H and O–H groups in total. The molecule has 0 saturated carbocycles. The summed E-state index contributed by atoms with van der Waals surface area (Å²) in [6.07, 6.45) is 0.915. The summed E-state index contributed by atoms with van der Waals surface area (Å²) in [5.41, 5.74) is 1.08. The van der Waals surface area contributed by atoms with E-state index < -0.39 is 0 Å². The van der Waals surface area contributed by atoms with Gasteiger partial charge in [0.05, 0.1) is 23.9 Å². The lowest BCUT2D eigenvalue weighted by molar-refractivity contribution is 0.311. The molecule has 0 aliphatic carbocycles. The zero-order valence-electron chi connectivity index (χ0n) is 14.6. The number of guanidine groups is 1. The van der Waals surface area contributed by atoms with Crippen molar-refractivity contribution in [1.29, 1.82) is 0 Å². The van der Waals surface area contributed by atoms with E-state index in [1.165, 1.54) is 4.88 Å². The molecular weight excluding hydrogens is 320 g/mol. The summed E-state index contributed by atoms with van der Waals surface area (Å²) in [6, 6.07) is 9.88. The van der Waals surface area contributed by atoms with Crippen molar-refractivity contribution in [3.63, 3.8) is 0 Å². The molecule has 0 unspecified atom stereocenters. The summed E-state index contributed by atoms with van der Waals surface area (Å²) in [5.74, 6) is 1.75. The van der Waals surface area contributed by atoms with Crippen LogP contribution in [0.25, 0.3) is 0 Å². The van der Waals surface area contributed by atoms with Crippen LogP contribution >= 0.6 is 11.3 Å². The predicted molar refractivity (Wildman–Crippen MR) is 101 cm³/mol. The topological polar surface area (TPSA) is 58.5 Å². The first kappa shape index (κ1) is 18.3. The number of hydrogen-bond donors (Lipinski definition) is 2. The number of nitrogens with one attached hydrogen (secondary N) is 2. The number of para-hydroxylation sites is 1. The highest BCUT2D eigenvalue weighted by molar-refractivity contribution is 7.11. The summed E-state index contributed by atoms with van der Waals surface area (Å²) in [6.45, 7) is 9.14. The Balaban J connectivity index is 1.74. The van der Waals surface area contributed by atoms with E-state index in [4.69, 9.17) is 4.74 Å². The minimum Gasteiger partial charge on any atom is -0.494 e. The molecule has 1 heterocycles. The molecule has 1 aromatic carbocycles. The Morgan fingerprint density at radius 2 is 2.00 bits per heavy atom. The highest BCUT2D eigenvalue weighted by atomic mass is 32.1. The molecule has 0 fully saturated rings. The lowest BCUT2D eigenvalue weighted by atomic mass is 10.3. The van der Waals surface area contributed by atoms with E-state index in [0.29, 0.717) is 13.2 Å². The Bertz CT molecular complexity index is 640. The van der Waals surface area contributed by atoms with Crippen LogP contribution in [0.1, 0.15) is 28.9 Å². The summed E-state index contributed by atoms with van der Waals surface area (Å²) < 4.78 is 5.69. The second kappa shape index (κ2) is 9.93. The lowest BCUT2D eigenvalue weighted by Crippen LogP contribution is -2.38. The van der Waals surface area contributed by atoms with Crippen molar-refractivity contribution < 1.29 is 4.74 Å². The Morgan fingerprint density at radius 3 is 2.67 bits per heavy atom. The average Bonchev–Trinajstić information content (AvgIpc) is 2.90. The van der Waals surface area contributed by atoms with Gasteiger partial charge in [-0.2, -0.15) is 0 Å². The third-order valence-corrected chi connectivity index (χ3v) is 4.41. The number of rotatable bonds is 8. The normalized spacial score (nSPS) is 11.4. The van der Waals surface area contributed by atoms with Crippen molar-refractivity contribution in [2.24, 2.45) is 4.99 Å². The maximum absolute atomic E-state index is 5.69. The third kappa shape index (κ3) is 6.20. The second-order valence-electron chi connectivity index (χ2n) is 5.38. The van der Waals surface area contributed by atoms with Gasteiger partial charge in [0.1, 0.15) is 5.75 Å². The van der Waals surface area contributed by atoms with Crippen LogP contribution in [0, 0.1) is 13.8 Å². The van der Waals surface area contributed by atoms with Gasteiger partial charge in [-0.15, -0.1) is 11.3 Å². The fourth-order valence-corrected chi connectivity index (χ4v) is 3.06. The Labute approximate surface area is 148 Å². The van der Waals surface area contributed by atoms with Crippen LogP contribution in [0.2, 0.25) is 0 Å². The van der Waals surface area contributed by atoms with E-state index in [-0.39, 0.29) is 0 Å². The zero-order chi connectivity index (χ0) is 17.2. The van der Waals surface area contributed by atoms with E-state index in [1.807, 2.05) is 44.2 Å². The maximum atomic E-state index is 5.69. The van der Waals surface area contributed by atoms with Gasteiger partial charge < -0.3 is 15.4 Å². The average molecular weight is 346 g/mol. The number of benzene rings is 1. The number of hydrogen-bond acceptors (Lipinski definition) is 4. The van der Waals surface area contributed by atoms with Gasteiger partial charge in [-0.25, -0.2) is 9.98 Å². The first-order valence-corrected chi connectivity index (χ1v) is 9.13. The van der Waals surface area contributed by atoms with E-state index in [2.05, 4.69) is 27.5 Å². The van der Waals surface area contributed by atoms with Gasteiger partial charge in [0.25, 0.3) is 0 Å². The van der Waals surface area contributed by atoms with Crippen LogP contribution in [0.5, 0.6) is 5.75 Å². The SMILES string of the molecule is CCNC(=NCc1sc(C)nc1C)NCCCOc1ccccc1. The van der Waals surface area contributed by atoms with Crippen LogP contribution in [0.4, 0.5) is 0 Å². The fourth-order valence-electron chi connectivity index (χ4n) is 2.20. The van der Waals surface area contributed by atoms with E-state index in [0.717, 1.165) is 41.9 Å². The van der Waals surface area contributed by atoms with Crippen LogP contribution < -0.4 is 15.4 Å². The summed E-state index contributed by atoms with van der Waals surface area (Å²) >= 11 is 1.71. The van der Waals surface area contributed by atoms with Crippen LogP contribution in [0.15, 0.2) is 35.3 Å². The third-order valence-electron chi connectivity index (χ3n) is 3.35. The van der Waals surface area contributed by atoms with Crippen LogP contribution in [-0.4, -0.2) is 30.6 Å². The summed E-state index contributed by atoms with van der Waals surface area (Å²) in [7, 11) is 0. The molecule has 0 amide bonds. The molecule has 24 heavy (non-hydrogen) atoms. The van der Waals surface area contributed by atoms with Crippen molar-refractivity contribution in [2.45, 2.75) is 33.7 Å². The fraction of sp³-hybridized carbons (Fsp3) is 0.444. The van der Waals surface area contributed by atoms with Gasteiger partial charge >= 0.3 is 0 Å². The quantitative estimate of drug-likeness (QED) is 0.437. The first-order chi connectivity index (χ1) is 11.7. The predicted octanol–water partition coefficient (Wildman–Crippen LogP) is 3.28. The van der Waals surface area contributed by atoms with Gasteiger partial charge in [0, 0.05) is 18.0 Å². The molecule has 6 heteroatoms. The standard InChI is InChI=1S/C18H26N4OS/c1-4-19-18(21-13-17-14(2)22-15(3)24-17)20-11-8-12-23-16-9-6-5-7-10-16/h5-7,9-10H,4,8,11-13H2,1-3H3,(H2,19,20,21). The molecule has 5 nitrogen and oxygen atoms in total. The molecule has 2 aromatic rings. The highest BCUT2D eigenvalue weighted by Crippen LogP contribution is 2.17. The highest BCUT2D eigenvalue weighted by Gasteiger charge is 2.04. The van der Waals surface area contributed by atoms with E-state index >= 15 is 0 Å². The maximum Gasteiger partial charge on any atom is 0.191 e. The minimum atomic E-state index is 0.660. The monoisotopic (exact) mass is 346 g/mol. The minimum absolute atomic E-state index is 0.660. The molecule has 0 aliphatic heterocycles. The van der Waals surface area contributed by atoms with Crippen molar-refractivity contribution in [1.82, 2.24) is 15.6 Å². The van der Waals surface area contributed by atoms with Gasteiger partial charge in [0.15, 0.2) is 5.96 Å². The molecule has 0 radical (unpaired) electrons. The molecule has 0 aliphatic rings. The summed E-state index contributed by atoms with van der Waals surface area (Å²) in [5, 5.41) is 7.71. The van der Waals surface area contributed by atoms with Crippen LogP contribution in [0.3, 0.4) is 0 Å². The Hall–Kier alpha value is -2.08. The largest absolute Gasteiger partial charge is 0.494 e. The molecular formula is C18H26N4OS. The molecule has 130 valence electrons. The number of thiazole rings is 1. The molecule has 0 atom stereocenters. The van der Waals surface area contributed by atoms with Crippen molar-refractivity contribution in [3.8, 4) is 5.75 Å². The van der Waals surface area contributed by atoms with Gasteiger partial charge in [0.2, 0.25) is 0 Å². The van der Waals surface area contributed by atoms with Crippen LogP contribution in [-0.2, 0) is 6.54 Å². The molecule has 0 spiro atoms. The Kier molecular flexibility index (Phi) is 7.55. The Morgan fingerprint density at radius 1 is 1.21 bits per heavy atom. The lowest BCUT2D eigenvalue weighted by Gasteiger charge is -2.11. The molecule has 0 bridgehead atoms. The van der Waals surface area contributed by atoms with Gasteiger partial charge in [-0.1, -0.05) is 18.2 Å². The van der Waals surface area contributed by atoms with Crippen molar-refractivity contribution >= 4 is 17.3 Å². The van der Waals surface area contributed by atoms with Gasteiger partial charge in [-0.3, -0.25) is 0 Å². The number of aromatic nitrogens is 1. The number of nitrogens with zero attached hydrogens (tertiary/aromatic N) is 2. The second-order valence-corrected chi connectivity index (χ2v) is 6.67.